The Hall–Kier alpha value is -2.89. The molecule has 1 aliphatic heterocycles. The van der Waals surface area contributed by atoms with Crippen molar-refractivity contribution in [3.63, 3.8) is 0 Å². The third-order valence-electron chi connectivity index (χ3n) is 5.76. The molecule has 1 fully saturated rings. The summed E-state index contributed by atoms with van der Waals surface area (Å²) in [5, 5.41) is 0.560. The molecule has 1 amide bonds. The fraction of sp³-hybridized carbons (Fsp3) is 0.409. The fourth-order valence-corrected chi connectivity index (χ4v) is 4.22. The van der Waals surface area contributed by atoms with E-state index < -0.39 is 0 Å². The number of nitrogens with zero attached hydrogens (tertiary/aromatic N) is 4. The number of benzene rings is 1. The highest BCUT2D eigenvalue weighted by Crippen LogP contribution is 2.30. The van der Waals surface area contributed by atoms with Crippen LogP contribution in [0.25, 0.3) is 10.9 Å². The standard InChI is InChI=1S/C22H26N4O2/c1-16-8-6-9-17-21(16)23-15-25(22(17)28)14-20(27)26-13-5-3-4-10-19(26)18-11-7-12-24(18)2/h6-9,11-12,15,19H,3-5,10,13-14H2,1-2H3/t19-/m0/s1. The highest BCUT2D eigenvalue weighted by molar-refractivity contribution is 5.81. The van der Waals surface area contributed by atoms with Gasteiger partial charge in [0.05, 0.1) is 23.3 Å². The molecular weight excluding hydrogens is 352 g/mol. The molecule has 1 aliphatic rings. The number of likely N-dealkylation sites (tertiary alicyclic amines) is 1. The molecule has 0 spiro atoms. The predicted octanol–water partition coefficient (Wildman–Crippen LogP) is 3.19. The van der Waals surface area contributed by atoms with Crippen LogP contribution in [-0.2, 0) is 18.4 Å². The fourth-order valence-electron chi connectivity index (χ4n) is 4.22. The van der Waals surface area contributed by atoms with Gasteiger partial charge in [-0.05, 0) is 43.5 Å². The number of amides is 1. The van der Waals surface area contributed by atoms with Gasteiger partial charge in [0.2, 0.25) is 5.91 Å². The first-order valence-corrected chi connectivity index (χ1v) is 9.91. The maximum Gasteiger partial charge on any atom is 0.261 e. The number of fused-ring (bicyclic) bond motifs is 1. The minimum absolute atomic E-state index is 0.0241. The molecule has 6 heteroatoms. The summed E-state index contributed by atoms with van der Waals surface area (Å²) >= 11 is 0. The van der Waals surface area contributed by atoms with E-state index in [1.54, 1.807) is 6.07 Å². The van der Waals surface area contributed by atoms with Crippen LogP contribution in [0.15, 0.2) is 47.7 Å². The van der Waals surface area contributed by atoms with Gasteiger partial charge in [-0.3, -0.25) is 14.2 Å². The Morgan fingerprint density at radius 1 is 1.18 bits per heavy atom. The molecule has 4 rings (SSSR count). The minimum atomic E-state index is -0.160. The second-order valence-corrected chi connectivity index (χ2v) is 7.64. The summed E-state index contributed by atoms with van der Waals surface area (Å²) in [7, 11) is 2.02. The number of aryl methyl sites for hydroxylation is 2. The number of rotatable bonds is 3. The van der Waals surface area contributed by atoms with Crippen LogP contribution in [0.5, 0.6) is 0 Å². The summed E-state index contributed by atoms with van der Waals surface area (Å²) in [4.78, 5) is 32.5. The van der Waals surface area contributed by atoms with Crippen molar-refractivity contribution in [2.45, 2.75) is 45.2 Å². The van der Waals surface area contributed by atoms with E-state index in [0.717, 1.165) is 43.5 Å². The minimum Gasteiger partial charge on any atom is -0.353 e. The van der Waals surface area contributed by atoms with Crippen LogP contribution in [0.1, 0.15) is 43.0 Å². The predicted molar refractivity (Wildman–Crippen MR) is 109 cm³/mol. The van der Waals surface area contributed by atoms with Gasteiger partial charge in [-0.25, -0.2) is 4.98 Å². The average Bonchev–Trinajstić information content (AvgIpc) is 2.96. The number of carbonyl (C=O) groups is 1. The van der Waals surface area contributed by atoms with Crippen molar-refractivity contribution >= 4 is 16.8 Å². The Morgan fingerprint density at radius 2 is 2.04 bits per heavy atom. The summed E-state index contributed by atoms with van der Waals surface area (Å²) in [6.07, 6.45) is 7.70. The van der Waals surface area contributed by atoms with Gasteiger partial charge in [0.15, 0.2) is 0 Å². The van der Waals surface area contributed by atoms with Crippen LogP contribution in [-0.4, -0.2) is 31.5 Å². The van der Waals surface area contributed by atoms with Crippen LogP contribution >= 0.6 is 0 Å². The molecule has 0 unspecified atom stereocenters. The molecule has 2 aromatic heterocycles. The Morgan fingerprint density at radius 3 is 2.82 bits per heavy atom. The molecule has 3 aromatic rings. The first kappa shape index (κ1) is 18.5. The van der Waals surface area contributed by atoms with E-state index >= 15 is 0 Å². The number of para-hydroxylation sites is 1. The van der Waals surface area contributed by atoms with Crippen LogP contribution in [0.4, 0.5) is 0 Å². The van der Waals surface area contributed by atoms with Gasteiger partial charge < -0.3 is 9.47 Å². The SMILES string of the molecule is Cc1cccc2c(=O)n(CC(=O)N3CCCCC[C@H]3c3cccn3C)cnc12. The molecule has 6 nitrogen and oxygen atoms in total. The Balaban J connectivity index is 1.65. The lowest BCUT2D eigenvalue weighted by Crippen LogP contribution is -2.39. The van der Waals surface area contributed by atoms with Crippen molar-refractivity contribution in [1.29, 1.82) is 0 Å². The molecule has 0 radical (unpaired) electrons. The monoisotopic (exact) mass is 378 g/mol. The molecule has 0 N–H and O–H groups in total. The lowest BCUT2D eigenvalue weighted by atomic mass is 10.1. The van der Waals surface area contributed by atoms with Crippen LogP contribution < -0.4 is 5.56 Å². The zero-order valence-corrected chi connectivity index (χ0v) is 16.5. The van der Waals surface area contributed by atoms with Crippen molar-refractivity contribution in [2.75, 3.05) is 6.54 Å². The molecular formula is C22H26N4O2. The van der Waals surface area contributed by atoms with Gasteiger partial charge in [-0.2, -0.15) is 0 Å². The number of hydrogen-bond acceptors (Lipinski definition) is 3. The van der Waals surface area contributed by atoms with Gasteiger partial charge in [-0.1, -0.05) is 25.0 Å². The first-order valence-electron chi connectivity index (χ1n) is 9.91. The van der Waals surface area contributed by atoms with E-state index in [2.05, 4.69) is 15.6 Å². The van der Waals surface area contributed by atoms with Crippen LogP contribution in [0, 0.1) is 6.92 Å². The van der Waals surface area contributed by atoms with Gasteiger partial charge in [0.1, 0.15) is 6.54 Å². The second kappa shape index (κ2) is 7.62. The lowest BCUT2D eigenvalue weighted by molar-refractivity contribution is -0.134. The highest BCUT2D eigenvalue weighted by atomic mass is 16.2. The third-order valence-corrected chi connectivity index (χ3v) is 5.76. The first-order chi connectivity index (χ1) is 13.6. The Kier molecular flexibility index (Phi) is 5.03. The van der Waals surface area contributed by atoms with Crippen molar-refractivity contribution < 1.29 is 4.79 Å². The van der Waals surface area contributed by atoms with Crippen molar-refractivity contribution in [1.82, 2.24) is 19.0 Å². The maximum atomic E-state index is 13.2. The highest BCUT2D eigenvalue weighted by Gasteiger charge is 2.28. The van der Waals surface area contributed by atoms with E-state index in [1.807, 2.05) is 43.3 Å². The molecule has 3 heterocycles. The molecule has 0 bridgehead atoms. The topological polar surface area (TPSA) is 60.1 Å². The van der Waals surface area contributed by atoms with E-state index in [4.69, 9.17) is 0 Å². The van der Waals surface area contributed by atoms with Crippen LogP contribution in [0.2, 0.25) is 0 Å². The normalized spacial score (nSPS) is 17.6. The summed E-state index contributed by atoms with van der Waals surface area (Å²) in [6, 6.07) is 9.73. The van der Waals surface area contributed by atoms with Gasteiger partial charge in [0, 0.05) is 25.5 Å². The lowest BCUT2D eigenvalue weighted by Gasteiger charge is -2.31. The smallest absolute Gasteiger partial charge is 0.261 e. The molecule has 0 aliphatic carbocycles. The van der Waals surface area contributed by atoms with Crippen molar-refractivity contribution in [3.05, 3.63) is 64.5 Å². The molecule has 146 valence electrons. The molecule has 0 saturated carbocycles. The summed E-state index contributed by atoms with van der Waals surface area (Å²) in [5.74, 6) is -0.0241. The number of hydrogen-bond donors (Lipinski definition) is 0. The van der Waals surface area contributed by atoms with E-state index in [1.165, 1.54) is 10.9 Å². The van der Waals surface area contributed by atoms with Gasteiger partial charge >= 0.3 is 0 Å². The van der Waals surface area contributed by atoms with Gasteiger partial charge in [-0.15, -0.1) is 0 Å². The summed E-state index contributed by atoms with van der Waals surface area (Å²) < 4.78 is 3.53. The zero-order valence-electron chi connectivity index (χ0n) is 16.5. The largest absolute Gasteiger partial charge is 0.353 e. The van der Waals surface area contributed by atoms with Crippen LogP contribution in [0.3, 0.4) is 0 Å². The third kappa shape index (κ3) is 3.35. The molecule has 1 atom stereocenters. The zero-order chi connectivity index (χ0) is 19.7. The maximum absolute atomic E-state index is 13.2. The quantitative estimate of drug-likeness (QED) is 0.703. The summed E-state index contributed by atoms with van der Waals surface area (Å²) in [6.45, 7) is 2.69. The van der Waals surface area contributed by atoms with E-state index in [9.17, 15) is 9.59 Å². The molecule has 1 aromatic carbocycles. The van der Waals surface area contributed by atoms with E-state index in [-0.39, 0.29) is 24.1 Å². The second-order valence-electron chi connectivity index (χ2n) is 7.64. The number of carbonyl (C=O) groups excluding carboxylic acids is 1. The van der Waals surface area contributed by atoms with Crippen molar-refractivity contribution in [3.8, 4) is 0 Å². The van der Waals surface area contributed by atoms with Gasteiger partial charge in [0.25, 0.3) is 5.56 Å². The Bertz CT molecular complexity index is 1070. The average molecular weight is 378 g/mol. The Labute approximate surface area is 164 Å². The summed E-state index contributed by atoms with van der Waals surface area (Å²) in [5.41, 5.74) is 2.65. The van der Waals surface area contributed by atoms with Crippen molar-refractivity contribution in [2.24, 2.45) is 7.05 Å². The molecule has 1 saturated heterocycles. The molecule has 28 heavy (non-hydrogen) atoms. The van der Waals surface area contributed by atoms with E-state index in [0.29, 0.717) is 10.9 Å². The number of aromatic nitrogens is 3.